The van der Waals surface area contributed by atoms with E-state index in [4.69, 9.17) is 5.73 Å². The van der Waals surface area contributed by atoms with Crippen molar-refractivity contribution in [1.29, 1.82) is 0 Å². The molecule has 1 amide bonds. The molecule has 7 heteroatoms. The van der Waals surface area contributed by atoms with Crippen LogP contribution in [0.2, 0.25) is 0 Å². The number of aromatic nitrogens is 1. The van der Waals surface area contributed by atoms with Crippen molar-refractivity contribution in [2.24, 2.45) is 0 Å². The minimum atomic E-state index is -0.108. The van der Waals surface area contributed by atoms with Crippen LogP contribution in [0.5, 0.6) is 0 Å². The summed E-state index contributed by atoms with van der Waals surface area (Å²) in [5.41, 5.74) is 6.28. The van der Waals surface area contributed by atoms with Crippen LogP contribution in [0.4, 0.5) is 10.8 Å². The lowest BCUT2D eigenvalue weighted by molar-refractivity contribution is 0.0953. The highest BCUT2D eigenvalue weighted by atomic mass is 32.1. The van der Waals surface area contributed by atoms with Crippen LogP contribution in [0, 0.1) is 0 Å². The fraction of sp³-hybridized carbons (Fsp3) is 0.667. The van der Waals surface area contributed by atoms with Crippen molar-refractivity contribution in [2.75, 3.05) is 38.2 Å². The van der Waals surface area contributed by atoms with Crippen molar-refractivity contribution >= 4 is 28.3 Å². The molecule has 1 saturated carbocycles. The summed E-state index contributed by atoms with van der Waals surface area (Å²) in [5.74, 6) is 0.210. The molecule has 19 heavy (non-hydrogen) atoms. The summed E-state index contributed by atoms with van der Waals surface area (Å²) in [6.45, 7) is 1.81. The number of nitrogens with two attached hydrogens (primary N) is 1. The first-order chi connectivity index (χ1) is 9.08. The van der Waals surface area contributed by atoms with Gasteiger partial charge >= 0.3 is 0 Å². The van der Waals surface area contributed by atoms with Crippen molar-refractivity contribution in [1.82, 2.24) is 14.6 Å². The number of nitrogens with one attached hydrogen (secondary N) is 2. The van der Waals surface area contributed by atoms with E-state index >= 15 is 0 Å². The highest BCUT2D eigenvalue weighted by Crippen LogP contribution is 2.28. The number of hydrogen-bond acceptors (Lipinski definition) is 6. The normalized spacial score (nSPS) is 14.7. The zero-order chi connectivity index (χ0) is 13.8. The minimum Gasteiger partial charge on any atom is -0.382 e. The van der Waals surface area contributed by atoms with Crippen LogP contribution in [0.25, 0.3) is 0 Å². The van der Waals surface area contributed by atoms with Crippen LogP contribution in [0.3, 0.4) is 0 Å². The van der Waals surface area contributed by atoms with Gasteiger partial charge in [-0.15, -0.1) is 0 Å². The molecule has 1 fully saturated rings. The summed E-state index contributed by atoms with van der Waals surface area (Å²) in [7, 11) is 4.08. The lowest BCUT2D eigenvalue weighted by Crippen LogP contribution is -2.26. The Balaban J connectivity index is 1.90. The fourth-order valence-corrected chi connectivity index (χ4v) is 2.46. The van der Waals surface area contributed by atoms with Gasteiger partial charge in [-0.2, -0.15) is 4.37 Å². The van der Waals surface area contributed by atoms with Crippen molar-refractivity contribution in [3.63, 3.8) is 0 Å². The average molecular weight is 283 g/mol. The van der Waals surface area contributed by atoms with Gasteiger partial charge in [-0.1, -0.05) is 0 Å². The Morgan fingerprint density at radius 3 is 2.89 bits per heavy atom. The molecule has 1 aromatic rings. The number of carbonyl (C=O) groups excluding carboxylic acids is 1. The molecule has 106 valence electrons. The molecule has 0 aromatic carbocycles. The number of amides is 1. The quantitative estimate of drug-likeness (QED) is 0.650. The van der Waals surface area contributed by atoms with E-state index in [0.29, 0.717) is 17.4 Å². The first kappa shape index (κ1) is 14.1. The molecule has 0 unspecified atom stereocenters. The van der Waals surface area contributed by atoms with Crippen LogP contribution < -0.4 is 16.4 Å². The summed E-state index contributed by atoms with van der Waals surface area (Å²) in [4.78, 5) is 14.2. The van der Waals surface area contributed by atoms with E-state index < -0.39 is 0 Å². The molecule has 0 radical (unpaired) electrons. The van der Waals surface area contributed by atoms with Gasteiger partial charge in [-0.3, -0.25) is 4.79 Å². The Kier molecular flexibility index (Phi) is 4.60. The van der Waals surface area contributed by atoms with Crippen LogP contribution in [-0.4, -0.2) is 48.4 Å². The van der Waals surface area contributed by atoms with E-state index in [1.165, 1.54) is 11.5 Å². The summed E-state index contributed by atoms with van der Waals surface area (Å²) in [5, 5.41) is 6.97. The molecule has 2 rings (SSSR count). The lowest BCUT2D eigenvalue weighted by atomic mass is 10.3. The molecular formula is C12H21N5OS. The Morgan fingerprint density at radius 1 is 1.53 bits per heavy atom. The lowest BCUT2D eigenvalue weighted by Gasteiger charge is -2.10. The zero-order valence-electron chi connectivity index (χ0n) is 11.4. The van der Waals surface area contributed by atoms with Crippen molar-refractivity contribution in [3.05, 3.63) is 5.56 Å². The van der Waals surface area contributed by atoms with Crippen LogP contribution in [-0.2, 0) is 0 Å². The molecule has 4 N–H and O–H groups in total. The zero-order valence-corrected chi connectivity index (χ0v) is 12.2. The Morgan fingerprint density at radius 2 is 2.26 bits per heavy atom. The SMILES string of the molecule is CN(C)CCCNc1snc(N)c1C(=O)NC1CC1. The number of rotatable bonds is 7. The van der Waals surface area contributed by atoms with Gasteiger partial charge in [0.1, 0.15) is 10.6 Å². The maximum Gasteiger partial charge on any atom is 0.258 e. The molecule has 0 bridgehead atoms. The first-order valence-corrected chi connectivity index (χ1v) is 7.30. The maximum atomic E-state index is 12.1. The summed E-state index contributed by atoms with van der Waals surface area (Å²) < 4.78 is 4.06. The molecule has 1 aliphatic carbocycles. The van der Waals surface area contributed by atoms with E-state index in [9.17, 15) is 4.79 Å². The molecule has 0 atom stereocenters. The Bertz CT molecular complexity index is 441. The van der Waals surface area contributed by atoms with Gasteiger partial charge in [-0.05, 0) is 51.4 Å². The molecule has 0 saturated heterocycles. The average Bonchev–Trinajstić information content (AvgIpc) is 3.07. The third kappa shape index (κ3) is 4.07. The highest BCUT2D eigenvalue weighted by molar-refractivity contribution is 7.11. The topological polar surface area (TPSA) is 83.3 Å². The van der Waals surface area contributed by atoms with Gasteiger partial charge in [0.15, 0.2) is 5.82 Å². The smallest absolute Gasteiger partial charge is 0.258 e. The summed E-state index contributed by atoms with van der Waals surface area (Å²) in [6.07, 6.45) is 3.14. The van der Waals surface area contributed by atoms with Gasteiger partial charge in [0, 0.05) is 12.6 Å². The predicted molar refractivity (Wildman–Crippen MR) is 78.7 cm³/mol. The first-order valence-electron chi connectivity index (χ1n) is 6.52. The fourth-order valence-electron chi connectivity index (χ4n) is 1.72. The number of nitrogen functional groups attached to an aromatic ring is 1. The molecular weight excluding hydrogens is 262 g/mol. The Hall–Kier alpha value is -1.34. The number of carbonyl (C=O) groups is 1. The van der Waals surface area contributed by atoms with Gasteiger partial charge in [0.25, 0.3) is 5.91 Å². The van der Waals surface area contributed by atoms with Crippen molar-refractivity contribution < 1.29 is 4.79 Å². The molecule has 1 aliphatic rings. The largest absolute Gasteiger partial charge is 0.382 e. The standard InChI is InChI=1S/C12H21N5OS/c1-17(2)7-3-6-14-12-9(10(13)16-19-12)11(18)15-8-4-5-8/h8,14H,3-7H2,1-2H3,(H2,13,16)(H,15,18). The van der Waals surface area contributed by atoms with E-state index in [-0.39, 0.29) is 5.91 Å². The number of anilines is 2. The molecule has 0 aliphatic heterocycles. The van der Waals surface area contributed by atoms with Gasteiger partial charge in [0.05, 0.1) is 0 Å². The summed E-state index contributed by atoms with van der Waals surface area (Å²) in [6, 6.07) is 0.327. The molecule has 0 spiro atoms. The molecule has 1 aromatic heterocycles. The van der Waals surface area contributed by atoms with Crippen molar-refractivity contribution in [2.45, 2.75) is 25.3 Å². The van der Waals surface area contributed by atoms with Crippen LogP contribution >= 0.6 is 11.5 Å². The number of hydrogen-bond donors (Lipinski definition) is 3. The minimum absolute atomic E-state index is 0.108. The predicted octanol–water partition coefficient (Wildman–Crippen LogP) is 0.981. The Labute approximate surface area is 117 Å². The third-order valence-corrected chi connectivity index (χ3v) is 3.74. The van der Waals surface area contributed by atoms with Crippen LogP contribution in [0.15, 0.2) is 0 Å². The van der Waals surface area contributed by atoms with Crippen LogP contribution in [0.1, 0.15) is 29.6 Å². The van der Waals surface area contributed by atoms with Gasteiger partial charge < -0.3 is 21.3 Å². The highest BCUT2D eigenvalue weighted by Gasteiger charge is 2.27. The van der Waals surface area contributed by atoms with Gasteiger partial charge in [-0.25, -0.2) is 0 Å². The van der Waals surface area contributed by atoms with E-state index in [1.54, 1.807) is 0 Å². The van der Waals surface area contributed by atoms with Gasteiger partial charge in [0.2, 0.25) is 0 Å². The maximum absolute atomic E-state index is 12.1. The number of nitrogens with zero attached hydrogens (tertiary/aromatic N) is 2. The molecule has 6 nitrogen and oxygen atoms in total. The van der Waals surface area contributed by atoms with Crippen molar-refractivity contribution in [3.8, 4) is 0 Å². The monoisotopic (exact) mass is 283 g/mol. The second-order valence-corrected chi connectivity index (χ2v) is 5.88. The third-order valence-electron chi connectivity index (χ3n) is 2.93. The second kappa shape index (κ2) is 6.21. The van der Waals surface area contributed by atoms with E-state index in [1.807, 2.05) is 14.1 Å². The summed E-state index contributed by atoms with van der Waals surface area (Å²) >= 11 is 1.25. The molecule has 1 heterocycles. The van der Waals surface area contributed by atoms with E-state index in [0.717, 1.165) is 37.4 Å². The van der Waals surface area contributed by atoms with E-state index in [2.05, 4.69) is 19.9 Å². The second-order valence-electron chi connectivity index (χ2n) is 5.10.